The molecule has 0 aromatic heterocycles. The molecule has 1 nitrogen and oxygen atoms in total. The first kappa shape index (κ1) is 20.0. The van der Waals surface area contributed by atoms with Gasteiger partial charge in [-0.15, -0.1) is 0 Å². The number of hydrogen-bond donors (Lipinski definition) is 0. The zero-order valence-electron chi connectivity index (χ0n) is 16.3. The highest BCUT2D eigenvalue weighted by molar-refractivity contribution is 5.28. The van der Waals surface area contributed by atoms with Crippen LogP contribution in [0.4, 0.5) is 8.78 Å². The quantitative estimate of drug-likeness (QED) is 0.572. The Morgan fingerprint density at radius 3 is 2.11 bits per heavy atom. The molecular weight excluding hydrogens is 340 g/mol. The fourth-order valence-corrected chi connectivity index (χ4v) is 4.05. The van der Waals surface area contributed by atoms with Gasteiger partial charge in [-0.05, 0) is 68.8 Å². The third kappa shape index (κ3) is 5.87. The van der Waals surface area contributed by atoms with Gasteiger partial charge in [-0.2, -0.15) is 0 Å². The minimum Gasteiger partial charge on any atom is -0.306 e. The summed E-state index contributed by atoms with van der Waals surface area (Å²) in [5.74, 6) is -0.572. The zero-order valence-corrected chi connectivity index (χ0v) is 16.3. The average Bonchev–Trinajstić information content (AvgIpc) is 2.68. The number of benzene rings is 2. The fraction of sp³-hybridized carbons (Fsp3) is 0.500. The van der Waals surface area contributed by atoms with Crippen LogP contribution in [0.15, 0.2) is 54.6 Å². The smallest absolute Gasteiger partial charge is 0.110 e. The van der Waals surface area contributed by atoms with Crippen LogP contribution in [0.2, 0.25) is 0 Å². The van der Waals surface area contributed by atoms with Crippen molar-refractivity contribution < 1.29 is 8.78 Å². The van der Waals surface area contributed by atoms with Crippen molar-refractivity contribution >= 4 is 0 Å². The number of likely N-dealkylation sites (N-methyl/N-ethyl adjacent to an activating group) is 1. The highest BCUT2D eigenvalue weighted by Crippen LogP contribution is 2.37. The van der Waals surface area contributed by atoms with Crippen molar-refractivity contribution in [2.45, 2.75) is 56.8 Å². The summed E-state index contributed by atoms with van der Waals surface area (Å²) in [6, 6.07) is 18.5. The van der Waals surface area contributed by atoms with E-state index in [0.717, 1.165) is 37.9 Å². The molecule has 3 rings (SSSR count). The van der Waals surface area contributed by atoms with Crippen molar-refractivity contribution in [3.05, 3.63) is 71.3 Å². The fourth-order valence-electron chi connectivity index (χ4n) is 4.05. The van der Waals surface area contributed by atoms with Crippen molar-refractivity contribution in [3.63, 3.8) is 0 Å². The van der Waals surface area contributed by atoms with Gasteiger partial charge < -0.3 is 4.90 Å². The van der Waals surface area contributed by atoms with Gasteiger partial charge in [0.05, 0.1) is 0 Å². The van der Waals surface area contributed by atoms with E-state index in [2.05, 4.69) is 36.2 Å². The van der Waals surface area contributed by atoms with Gasteiger partial charge >= 0.3 is 0 Å². The predicted octanol–water partition coefficient (Wildman–Crippen LogP) is 5.74. The number of nitrogens with zero attached hydrogens (tertiary/aromatic N) is 1. The van der Waals surface area contributed by atoms with E-state index < -0.39 is 18.3 Å². The summed E-state index contributed by atoms with van der Waals surface area (Å²) < 4.78 is 28.3. The normalized spacial score (nSPS) is 22.9. The standard InChI is InChI=1S/C24H31F2N/c1-27(18-16-19-7-3-2-4-8-19)17-6-9-20-12-14-21(15-13-20)24-22(25)10-5-11-23(24)26/h2-4,7-8,12-15,22-24H,5-6,9-11,16-18H2,1H3. The molecule has 2 aromatic carbocycles. The lowest BCUT2D eigenvalue weighted by Crippen LogP contribution is -2.28. The molecule has 0 amide bonds. The molecule has 146 valence electrons. The van der Waals surface area contributed by atoms with Crippen molar-refractivity contribution in [1.82, 2.24) is 4.90 Å². The second kappa shape index (κ2) is 9.98. The van der Waals surface area contributed by atoms with E-state index in [4.69, 9.17) is 0 Å². The molecule has 0 saturated heterocycles. The van der Waals surface area contributed by atoms with Crippen molar-refractivity contribution in [2.24, 2.45) is 0 Å². The molecule has 27 heavy (non-hydrogen) atoms. The van der Waals surface area contributed by atoms with Crippen LogP contribution in [0.25, 0.3) is 0 Å². The Kier molecular flexibility index (Phi) is 7.40. The third-order valence-electron chi connectivity index (χ3n) is 5.73. The molecule has 2 aromatic rings. The van der Waals surface area contributed by atoms with Gasteiger partial charge in [0, 0.05) is 12.5 Å². The van der Waals surface area contributed by atoms with Gasteiger partial charge in [-0.1, -0.05) is 54.6 Å². The predicted molar refractivity (Wildman–Crippen MR) is 109 cm³/mol. The maximum absolute atomic E-state index is 14.1. The summed E-state index contributed by atoms with van der Waals surface area (Å²) in [7, 11) is 2.16. The number of halogens is 2. The van der Waals surface area contributed by atoms with Gasteiger partial charge in [-0.3, -0.25) is 0 Å². The van der Waals surface area contributed by atoms with Crippen LogP contribution in [-0.2, 0) is 12.8 Å². The maximum atomic E-state index is 14.1. The van der Waals surface area contributed by atoms with Crippen LogP contribution >= 0.6 is 0 Å². The Morgan fingerprint density at radius 2 is 1.44 bits per heavy atom. The molecule has 0 N–H and O–H groups in total. The summed E-state index contributed by atoms with van der Waals surface area (Å²) in [5.41, 5.74) is 3.44. The first-order valence-electron chi connectivity index (χ1n) is 10.2. The SMILES string of the molecule is CN(CCCc1ccc(C2C(F)CCCC2F)cc1)CCc1ccccc1. The first-order chi connectivity index (χ1) is 13.1. The van der Waals surface area contributed by atoms with Crippen LogP contribution in [0.1, 0.15) is 48.3 Å². The molecule has 0 spiro atoms. The van der Waals surface area contributed by atoms with E-state index in [1.807, 2.05) is 30.3 Å². The van der Waals surface area contributed by atoms with Crippen LogP contribution < -0.4 is 0 Å². The lowest BCUT2D eigenvalue weighted by Gasteiger charge is -2.29. The molecule has 0 bridgehead atoms. The van der Waals surface area contributed by atoms with E-state index in [1.165, 1.54) is 11.1 Å². The second-order valence-corrected chi connectivity index (χ2v) is 7.87. The van der Waals surface area contributed by atoms with Gasteiger partial charge in [0.2, 0.25) is 0 Å². The topological polar surface area (TPSA) is 3.24 Å². The highest BCUT2D eigenvalue weighted by atomic mass is 19.1. The number of aryl methyl sites for hydroxylation is 1. The van der Waals surface area contributed by atoms with Crippen LogP contribution in [-0.4, -0.2) is 37.4 Å². The summed E-state index contributed by atoms with van der Waals surface area (Å²) in [6.07, 6.45) is 2.71. The Bertz CT molecular complexity index is 661. The van der Waals surface area contributed by atoms with E-state index in [1.54, 1.807) is 0 Å². The second-order valence-electron chi connectivity index (χ2n) is 7.87. The monoisotopic (exact) mass is 371 g/mol. The van der Waals surface area contributed by atoms with E-state index in [-0.39, 0.29) is 0 Å². The van der Waals surface area contributed by atoms with Crippen LogP contribution in [0, 0.1) is 0 Å². The van der Waals surface area contributed by atoms with E-state index in [0.29, 0.717) is 19.3 Å². The van der Waals surface area contributed by atoms with E-state index >= 15 is 0 Å². The summed E-state index contributed by atoms with van der Waals surface area (Å²) in [5, 5.41) is 0. The summed E-state index contributed by atoms with van der Waals surface area (Å²) >= 11 is 0. The van der Waals surface area contributed by atoms with Crippen molar-refractivity contribution in [2.75, 3.05) is 20.1 Å². The summed E-state index contributed by atoms with van der Waals surface area (Å²) in [6.45, 7) is 2.11. The van der Waals surface area contributed by atoms with Gasteiger partial charge in [0.1, 0.15) is 12.3 Å². The van der Waals surface area contributed by atoms with Gasteiger partial charge in [0.15, 0.2) is 0 Å². The minimum atomic E-state index is -1.04. The van der Waals surface area contributed by atoms with Crippen molar-refractivity contribution in [3.8, 4) is 0 Å². The van der Waals surface area contributed by atoms with Gasteiger partial charge in [0.25, 0.3) is 0 Å². The molecule has 1 fully saturated rings. The molecule has 2 unspecified atom stereocenters. The Morgan fingerprint density at radius 1 is 0.815 bits per heavy atom. The molecular formula is C24H31F2N. The lowest BCUT2D eigenvalue weighted by molar-refractivity contribution is 0.124. The molecule has 3 heteroatoms. The Balaban J connectivity index is 1.42. The number of hydrogen-bond acceptors (Lipinski definition) is 1. The molecule has 1 aliphatic carbocycles. The van der Waals surface area contributed by atoms with Crippen molar-refractivity contribution in [1.29, 1.82) is 0 Å². The van der Waals surface area contributed by atoms with Gasteiger partial charge in [-0.25, -0.2) is 8.78 Å². The molecule has 0 heterocycles. The largest absolute Gasteiger partial charge is 0.306 e. The zero-order chi connectivity index (χ0) is 19.1. The number of alkyl halides is 2. The molecule has 0 aliphatic heterocycles. The molecule has 2 atom stereocenters. The number of rotatable bonds is 8. The third-order valence-corrected chi connectivity index (χ3v) is 5.73. The summed E-state index contributed by atoms with van der Waals surface area (Å²) in [4.78, 5) is 2.37. The molecule has 1 saturated carbocycles. The highest BCUT2D eigenvalue weighted by Gasteiger charge is 2.34. The average molecular weight is 372 g/mol. The lowest BCUT2D eigenvalue weighted by atomic mass is 9.81. The van der Waals surface area contributed by atoms with Crippen LogP contribution in [0.5, 0.6) is 0 Å². The Hall–Kier alpha value is -1.74. The first-order valence-corrected chi connectivity index (χ1v) is 10.2. The minimum absolute atomic E-state index is 0.488. The van der Waals surface area contributed by atoms with E-state index in [9.17, 15) is 8.78 Å². The Labute approximate surface area is 162 Å². The van der Waals surface area contributed by atoms with Crippen LogP contribution in [0.3, 0.4) is 0 Å². The molecule has 1 aliphatic rings. The molecule has 0 radical (unpaired) electrons. The maximum Gasteiger partial charge on any atom is 0.110 e.